The van der Waals surface area contributed by atoms with Crippen molar-refractivity contribution in [2.24, 2.45) is 0 Å². The molecule has 136 valence electrons. The van der Waals surface area contributed by atoms with Gasteiger partial charge in [0.05, 0.1) is 35.4 Å². The van der Waals surface area contributed by atoms with E-state index in [0.717, 1.165) is 0 Å². The van der Waals surface area contributed by atoms with Crippen molar-refractivity contribution in [3.05, 3.63) is 57.6 Å². The molecule has 0 fully saturated rings. The van der Waals surface area contributed by atoms with Gasteiger partial charge in [0.15, 0.2) is 0 Å². The normalized spacial score (nSPS) is 10.0. The molecule has 2 aromatic rings. The fourth-order valence-electron chi connectivity index (χ4n) is 1.96. The first kappa shape index (κ1) is 19.6. The zero-order chi connectivity index (χ0) is 19.3. The van der Waals surface area contributed by atoms with Crippen LogP contribution in [0.15, 0.2) is 36.4 Å². The largest absolute Gasteiger partial charge is 0.465 e. The maximum atomic E-state index is 12.0. The van der Waals surface area contributed by atoms with E-state index in [1.54, 1.807) is 0 Å². The molecule has 0 atom stereocenters. The average molecular weight is 398 g/mol. The zero-order valence-corrected chi connectivity index (χ0v) is 15.2. The van der Waals surface area contributed by atoms with Gasteiger partial charge in [-0.2, -0.15) is 0 Å². The molecule has 0 aliphatic rings. The number of halogens is 2. The molecule has 0 spiro atoms. The van der Waals surface area contributed by atoms with Crippen LogP contribution in [0.1, 0.15) is 20.7 Å². The van der Waals surface area contributed by atoms with E-state index in [2.05, 4.69) is 14.8 Å². The van der Waals surface area contributed by atoms with Gasteiger partial charge in [-0.25, -0.2) is 14.4 Å². The second kappa shape index (κ2) is 8.55. The van der Waals surface area contributed by atoms with Gasteiger partial charge in [0.25, 0.3) is 0 Å². The number of esters is 2. The number of benzene rings is 2. The van der Waals surface area contributed by atoms with E-state index >= 15 is 0 Å². The van der Waals surface area contributed by atoms with Crippen LogP contribution in [0.25, 0.3) is 0 Å². The molecule has 1 N–H and O–H groups in total. The molecule has 0 bridgehead atoms. The molecule has 0 saturated carbocycles. The molecule has 7 nitrogen and oxygen atoms in total. The van der Waals surface area contributed by atoms with Gasteiger partial charge in [-0.3, -0.25) is 5.32 Å². The number of methoxy groups -OCH3 is 2. The Kier molecular flexibility index (Phi) is 6.43. The molecule has 9 heteroatoms. The number of carbonyl (C=O) groups excluding carboxylic acids is 3. The van der Waals surface area contributed by atoms with Crippen LogP contribution >= 0.6 is 23.2 Å². The summed E-state index contributed by atoms with van der Waals surface area (Å²) in [6.07, 6.45) is -0.860. The summed E-state index contributed by atoms with van der Waals surface area (Å²) in [6.45, 7) is 0. The average Bonchev–Trinajstić information content (AvgIpc) is 2.62. The summed E-state index contributed by atoms with van der Waals surface area (Å²) in [5, 5.41) is 2.94. The van der Waals surface area contributed by atoms with Gasteiger partial charge in [0.2, 0.25) is 0 Å². The first-order chi connectivity index (χ1) is 12.3. The summed E-state index contributed by atoms with van der Waals surface area (Å²) in [6, 6.07) is 8.24. The van der Waals surface area contributed by atoms with E-state index < -0.39 is 18.0 Å². The highest BCUT2D eigenvalue weighted by Gasteiger charge is 2.15. The number of ether oxygens (including phenoxy) is 3. The fraction of sp³-hybridized carbons (Fsp3) is 0.118. The molecule has 0 radical (unpaired) electrons. The third kappa shape index (κ3) is 4.87. The van der Waals surface area contributed by atoms with E-state index in [4.69, 9.17) is 27.9 Å². The third-order valence-corrected chi connectivity index (χ3v) is 3.86. The molecular formula is C17H13Cl2NO6. The van der Waals surface area contributed by atoms with Crippen molar-refractivity contribution in [1.29, 1.82) is 0 Å². The van der Waals surface area contributed by atoms with Crippen molar-refractivity contribution in [2.75, 3.05) is 19.5 Å². The van der Waals surface area contributed by atoms with Crippen LogP contribution in [0.5, 0.6) is 5.75 Å². The molecule has 0 heterocycles. The lowest BCUT2D eigenvalue weighted by molar-refractivity contribution is 0.0599. The lowest BCUT2D eigenvalue weighted by atomic mass is 10.1. The van der Waals surface area contributed by atoms with Crippen molar-refractivity contribution in [2.45, 2.75) is 0 Å². The molecule has 0 aromatic heterocycles. The predicted octanol–water partition coefficient (Wildman–Crippen LogP) is 4.18. The van der Waals surface area contributed by atoms with E-state index in [9.17, 15) is 14.4 Å². The summed E-state index contributed by atoms with van der Waals surface area (Å²) >= 11 is 11.6. The van der Waals surface area contributed by atoms with Crippen LogP contribution in [-0.4, -0.2) is 32.3 Å². The van der Waals surface area contributed by atoms with E-state index in [1.807, 2.05) is 0 Å². The number of anilines is 1. The monoisotopic (exact) mass is 397 g/mol. The molecule has 0 aliphatic heterocycles. The lowest BCUT2D eigenvalue weighted by Crippen LogP contribution is -2.18. The predicted molar refractivity (Wildman–Crippen MR) is 95.2 cm³/mol. The van der Waals surface area contributed by atoms with Gasteiger partial charge >= 0.3 is 18.0 Å². The molecule has 0 aliphatic carbocycles. The van der Waals surface area contributed by atoms with Gasteiger partial charge < -0.3 is 14.2 Å². The van der Waals surface area contributed by atoms with Crippen molar-refractivity contribution >= 4 is 46.9 Å². The van der Waals surface area contributed by atoms with Crippen molar-refractivity contribution in [3.63, 3.8) is 0 Å². The van der Waals surface area contributed by atoms with Crippen molar-refractivity contribution < 1.29 is 28.6 Å². The van der Waals surface area contributed by atoms with E-state index in [-0.39, 0.29) is 27.6 Å². The van der Waals surface area contributed by atoms with Crippen LogP contribution in [0.3, 0.4) is 0 Å². The topological polar surface area (TPSA) is 90.9 Å². The quantitative estimate of drug-likeness (QED) is 0.778. The molecule has 2 rings (SSSR count). The number of carbonyl (C=O) groups is 3. The Labute approximate surface area is 158 Å². The van der Waals surface area contributed by atoms with Gasteiger partial charge in [-0.15, -0.1) is 0 Å². The summed E-state index contributed by atoms with van der Waals surface area (Å²) in [5.41, 5.74) is 0.249. The number of amides is 1. The van der Waals surface area contributed by atoms with Crippen LogP contribution in [-0.2, 0) is 9.47 Å². The Morgan fingerprint density at radius 1 is 0.846 bits per heavy atom. The summed E-state index contributed by atoms with van der Waals surface area (Å²) in [7, 11) is 2.39. The minimum atomic E-state index is -0.860. The minimum absolute atomic E-state index is 0.0558. The van der Waals surface area contributed by atoms with Crippen LogP contribution in [0.4, 0.5) is 10.5 Å². The van der Waals surface area contributed by atoms with Crippen LogP contribution in [0.2, 0.25) is 10.0 Å². The number of hydrogen-bond donors (Lipinski definition) is 1. The Balaban J connectivity index is 2.23. The SMILES string of the molecule is COC(=O)c1cc(NC(=O)Oc2ccc(Cl)c(Cl)c2)cc(C(=O)OC)c1. The van der Waals surface area contributed by atoms with E-state index in [1.165, 1.54) is 50.6 Å². The fourth-order valence-corrected chi connectivity index (χ4v) is 2.25. The van der Waals surface area contributed by atoms with Gasteiger partial charge in [0.1, 0.15) is 5.75 Å². The van der Waals surface area contributed by atoms with Crippen molar-refractivity contribution in [1.82, 2.24) is 0 Å². The summed E-state index contributed by atoms with van der Waals surface area (Å²) in [4.78, 5) is 35.5. The van der Waals surface area contributed by atoms with Gasteiger partial charge in [0, 0.05) is 11.8 Å². The van der Waals surface area contributed by atoms with Crippen LogP contribution in [0, 0.1) is 0 Å². The molecular weight excluding hydrogens is 385 g/mol. The maximum Gasteiger partial charge on any atom is 0.417 e. The Morgan fingerprint density at radius 3 is 1.92 bits per heavy atom. The lowest BCUT2D eigenvalue weighted by Gasteiger charge is -2.10. The number of rotatable bonds is 4. The maximum absolute atomic E-state index is 12.0. The summed E-state index contributed by atoms with van der Waals surface area (Å²) < 4.78 is 14.3. The number of nitrogens with one attached hydrogen (secondary N) is 1. The first-order valence-corrected chi connectivity index (χ1v) is 7.85. The second-order valence-corrected chi connectivity index (χ2v) is 5.69. The van der Waals surface area contributed by atoms with Crippen molar-refractivity contribution in [3.8, 4) is 5.75 Å². The van der Waals surface area contributed by atoms with E-state index in [0.29, 0.717) is 5.02 Å². The first-order valence-electron chi connectivity index (χ1n) is 7.09. The third-order valence-electron chi connectivity index (χ3n) is 3.12. The Bertz CT molecular complexity index is 834. The summed E-state index contributed by atoms with van der Waals surface area (Å²) in [5.74, 6) is -1.21. The molecule has 0 saturated heterocycles. The molecule has 1 amide bonds. The molecule has 26 heavy (non-hydrogen) atoms. The zero-order valence-electron chi connectivity index (χ0n) is 13.7. The highest BCUT2D eigenvalue weighted by Crippen LogP contribution is 2.26. The Morgan fingerprint density at radius 2 is 1.42 bits per heavy atom. The minimum Gasteiger partial charge on any atom is -0.465 e. The molecule has 0 unspecified atom stereocenters. The smallest absolute Gasteiger partial charge is 0.417 e. The Hall–Kier alpha value is -2.77. The highest BCUT2D eigenvalue weighted by atomic mass is 35.5. The molecule has 2 aromatic carbocycles. The second-order valence-electron chi connectivity index (χ2n) is 4.87. The standard InChI is InChI=1S/C17H13Cl2NO6/c1-24-15(21)9-5-10(16(22)25-2)7-11(6-9)20-17(23)26-12-3-4-13(18)14(19)8-12/h3-8H,1-2H3,(H,20,23). The van der Waals surface area contributed by atoms with Gasteiger partial charge in [-0.1, -0.05) is 23.2 Å². The van der Waals surface area contributed by atoms with Crippen LogP contribution < -0.4 is 10.1 Å². The van der Waals surface area contributed by atoms with Gasteiger partial charge in [-0.05, 0) is 30.3 Å². The highest BCUT2D eigenvalue weighted by molar-refractivity contribution is 6.42. The number of hydrogen-bond acceptors (Lipinski definition) is 6.